The Hall–Kier alpha value is -2.38. The highest BCUT2D eigenvalue weighted by Crippen LogP contribution is 2.46. The molecule has 0 bridgehead atoms. The van der Waals surface area contributed by atoms with Crippen LogP contribution in [0.3, 0.4) is 0 Å². The number of alkyl halides is 3. The summed E-state index contributed by atoms with van der Waals surface area (Å²) in [5.41, 5.74) is 1.59. The second-order valence-electron chi connectivity index (χ2n) is 7.75. The average molecular weight is 409 g/mol. The summed E-state index contributed by atoms with van der Waals surface area (Å²) in [6, 6.07) is 21.4. The summed E-state index contributed by atoms with van der Waals surface area (Å²) < 4.78 is 38.4. The van der Waals surface area contributed by atoms with Crippen molar-refractivity contribution in [1.82, 2.24) is 5.32 Å². The van der Waals surface area contributed by atoms with Gasteiger partial charge in [-0.1, -0.05) is 74.5 Å². The van der Waals surface area contributed by atoms with Crippen LogP contribution in [0.25, 0.3) is 0 Å². The van der Waals surface area contributed by atoms with E-state index in [1.165, 1.54) is 11.1 Å². The van der Waals surface area contributed by atoms with E-state index in [0.717, 1.165) is 0 Å². The van der Waals surface area contributed by atoms with Crippen molar-refractivity contribution in [3.63, 3.8) is 0 Å². The summed E-state index contributed by atoms with van der Waals surface area (Å²) in [5.74, 6) is -2.31. The number of nitrogens with one attached hydrogen (secondary N) is 1. The Balaban J connectivity index is 0.000000370. The molecule has 1 fully saturated rings. The first kappa shape index (κ1) is 22.9. The number of rotatable bonds is 3. The van der Waals surface area contributed by atoms with Gasteiger partial charge in [0.15, 0.2) is 0 Å². The normalized spacial score (nSPS) is 20.1. The molecule has 7 heteroatoms. The van der Waals surface area contributed by atoms with Crippen LogP contribution >= 0.6 is 0 Å². The molecule has 0 spiro atoms. The smallest absolute Gasteiger partial charge is 0.475 e. The summed E-state index contributed by atoms with van der Waals surface area (Å²) in [7, 11) is 0. The van der Waals surface area contributed by atoms with Crippen LogP contribution in [0.2, 0.25) is 0 Å². The van der Waals surface area contributed by atoms with Crippen LogP contribution < -0.4 is 5.32 Å². The lowest BCUT2D eigenvalue weighted by atomic mass is 9.76. The first-order chi connectivity index (χ1) is 13.4. The molecule has 0 aliphatic carbocycles. The predicted octanol–water partition coefficient (Wildman–Crippen LogP) is 4.94. The van der Waals surface area contributed by atoms with E-state index in [2.05, 4.69) is 93.7 Å². The van der Waals surface area contributed by atoms with E-state index in [1.54, 1.807) is 0 Å². The lowest BCUT2D eigenvalue weighted by molar-refractivity contribution is -0.192. The van der Waals surface area contributed by atoms with Crippen molar-refractivity contribution in [2.24, 2.45) is 5.92 Å². The third kappa shape index (κ3) is 5.16. The number of ether oxygens (including phenoxy) is 1. The molecular formula is C22H26F3NO3. The van der Waals surface area contributed by atoms with Crippen LogP contribution in [0.4, 0.5) is 13.2 Å². The lowest BCUT2D eigenvalue weighted by Gasteiger charge is -2.37. The van der Waals surface area contributed by atoms with Crippen LogP contribution in [0.5, 0.6) is 0 Å². The highest BCUT2D eigenvalue weighted by Gasteiger charge is 2.54. The van der Waals surface area contributed by atoms with Crippen LogP contribution in [0, 0.1) is 5.92 Å². The fourth-order valence-electron chi connectivity index (χ4n) is 3.62. The highest BCUT2D eigenvalue weighted by molar-refractivity contribution is 5.73. The van der Waals surface area contributed by atoms with E-state index in [-0.39, 0.29) is 11.8 Å². The molecule has 0 unspecified atom stereocenters. The molecule has 0 aromatic heterocycles. The highest BCUT2D eigenvalue weighted by atomic mass is 19.4. The zero-order chi connectivity index (χ0) is 21.9. The largest absolute Gasteiger partial charge is 0.490 e. The lowest BCUT2D eigenvalue weighted by Crippen LogP contribution is -2.46. The van der Waals surface area contributed by atoms with Gasteiger partial charge in [-0.15, -0.1) is 0 Å². The Morgan fingerprint density at radius 3 is 1.69 bits per heavy atom. The van der Waals surface area contributed by atoms with Gasteiger partial charge >= 0.3 is 12.1 Å². The molecule has 2 aromatic rings. The van der Waals surface area contributed by atoms with Gasteiger partial charge in [-0.25, -0.2) is 4.79 Å². The van der Waals surface area contributed by atoms with Gasteiger partial charge < -0.3 is 9.84 Å². The minimum Gasteiger partial charge on any atom is -0.475 e. The van der Waals surface area contributed by atoms with Crippen molar-refractivity contribution in [2.75, 3.05) is 0 Å². The Labute approximate surface area is 168 Å². The molecule has 1 aliphatic heterocycles. The van der Waals surface area contributed by atoms with Gasteiger partial charge in [-0.3, -0.25) is 5.32 Å². The SMILES string of the molecule is CC(C)[C@@H]1NC(C)(C)OC1(c1ccccc1)c1ccccc1.O=C(O)C(F)(F)F. The number of halogens is 3. The van der Waals surface area contributed by atoms with E-state index in [1.807, 2.05) is 0 Å². The zero-order valence-corrected chi connectivity index (χ0v) is 16.8. The molecular weight excluding hydrogens is 383 g/mol. The maximum atomic E-state index is 10.6. The van der Waals surface area contributed by atoms with Crippen LogP contribution in [-0.4, -0.2) is 29.0 Å². The van der Waals surface area contributed by atoms with Gasteiger partial charge in [0, 0.05) is 6.04 Å². The molecule has 1 heterocycles. The van der Waals surface area contributed by atoms with Crippen molar-refractivity contribution < 1.29 is 27.8 Å². The number of carboxylic acid groups (broad SMARTS) is 1. The number of aliphatic carboxylic acids is 1. The molecule has 3 rings (SSSR count). The molecule has 1 aliphatic rings. The van der Waals surface area contributed by atoms with Crippen LogP contribution in [-0.2, 0) is 15.1 Å². The fourth-order valence-corrected chi connectivity index (χ4v) is 3.62. The van der Waals surface area contributed by atoms with E-state index in [9.17, 15) is 13.2 Å². The Bertz CT molecular complexity index is 766. The van der Waals surface area contributed by atoms with Crippen molar-refractivity contribution in [3.05, 3.63) is 71.8 Å². The van der Waals surface area contributed by atoms with Gasteiger partial charge in [0.1, 0.15) is 11.3 Å². The number of hydrogen-bond acceptors (Lipinski definition) is 3. The fraction of sp³-hybridized carbons (Fsp3) is 0.409. The summed E-state index contributed by atoms with van der Waals surface area (Å²) in [5, 5.41) is 10.8. The summed E-state index contributed by atoms with van der Waals surface area (Å²) >= 11 is 0. The standard InChI is InChI=1S/C20H25NO.C2HF3O2/c1-15(2)18-20(22-19(3,4)21-18,16-11-7-5-8-12-16)17-13-9-6-10-14-17;3-2(4,5)1(6)7/h5-15,18,21H,1-4H3;(H,6,7)/t18-;/m0./s1. The number of hydrogen-bond donors (Lipinski definition) is 2. The van der Waals surface area contributed by atoms with E-state index >= 15 is 0 Å². The molecule has 1 atom stereocenters. The van der Waals surface area contributed by atoms with E-state index < -0.39 is 17.7 Å². The van der Waals surface area contributed by atoms with Gasteiger partial charge in [-0.2, -0.15) is 13.2 Å². The third-order valence-electron chi connectivity index (χ3n) is 4.67. The predicted molar refractivity (Wildman–Crippen MR) is 104 cm³/mol. The van der Waals surface area contributed by atoms with Gasteiger partial charge in [0.05, 0.1) is 0 Å². The van der Waals surface area contributed by atoms with Crippen molar-refractivity contribution in [1.29, 1.82) is 0 Å². The number of carbonyl (C=O) groups is 1. The van der Waals surface area contributed by atoms with E-state index in [4.69, 9.17) is 14.6 Å². The number of benzene rings is 2. The van der Waals surface area contributed by atoms with Crippen LogP contribution in [0.1, 0.15) is 38.8 Å². The molecule has 158 valence electrons. The van der Waals surface area contributed by atoms with Crippen LogP contribution in [0.15, 0.2) is 60.7 Å². The molecule has 2 aromatic carbocycles. The van der Waals surface area contributed by atoms with Crippen molar-refractivity contribution in [2.45, 2.75) is 51.2 Å². The minimum absolute atomic E-state index is 0.215. The first-order valence-electron chi connectivity index (χ1n) is 9.29. The molecule has 0 saturated carbocycles. The maximum absolute atomic E-state index is 10.6. The average Bonchev–Trinajstić information content (AvgIpc) is 2.96. The zero-order valence-electron chi connectivity index (χ0n) is 16.8. The molecule has 29 heavy (non-hydrogen) atoms. The molecule has 4 nitrogen and oxygen atoms in total. The summed E-state index contributed by atoms with van der Waals surface area (Å²) in [6.07, 6.45) is -5.08. The minimum atomic E-state index is -5.08. The first-order valence-corrected chi connectivity index (χ1v) is 9.29. The van der Waals surface area contributed by atoms with Crippen molar-refractivity contribution >= 4 is 5.97 Å². The second-order valence-corrected chi connectivity index (χ2v) is 7.75. The second kappa shape index (κ2) is 8.55. The summed E-state index contributed by atoms with van der Waals surface area (Å²) in [6.45, 7) is 8.72. The molecule has 2 N–H and O–H groups in total. The molecule has 0 amide bonds. The molecule has 1 saturated heterocycles. The Morgan fingerprint density at radius 1 is 1.00 bits per heavy atom. The van der Waals surface area contributed by atoms with E-state index in [0.29, 0.717) is 5.92 Å². The topological polar surface area (TPSA) is 58.6 Å². The number of carboxylic acids is 1. The maximum Gasteiger partial charge on any atom is 0.490 e. The van der Waals surface area contributed by atoms with Gasteiger partial charge in [0.25, 0.3) is 0 Å². The Morgan fingerprint density at radius 2 is 1.38 bits per heavy atom. The Kier molecular flexibility index (Phi) is 6.75. The van der Waals surface area contributed by atoms with Gasteiger partial charge in [0.2, 0.25) is 0 Å². The monoisotopic (exact) mass is 409 g/mol. The molecule has 0 radical (unpaired) electrons. The third-order valence-corrected chi connectivity index (χ3v) is 4.67. The van der Waals surface area contributed by atoms with Gasteiger partial charge in [-0.05, 0) is 30.9 Å². The van der Waals surface area contributed by atoms with Crippen molar-refractivity contribution in [3.8, 4) is 0 Å². The summed E-state index contributed by atoms with van der Waals surface area (Å²) in [4.78, 5) is 8.90. The quantitative estimate of drug-likeness (QED) is 0.754.